The van der Waals surface area contributed by atoms with Gasteiger partial charge in [-0.25, -0.2) is 8.78 Å². The molecule has 1 N–H and O–H groups in total. The quantitative estimate of drug-likeness (QED) is 0.768. The molecule has 0 aliphatic heterocycles. The average molecular weight is 281 g/mol. The van der Waals surface area contributed by atoms with Crippen molar-refractivity contribution in [1.82, 2.24) is 5.32 Å². The molecule has 0 bridgehead atoms. The van der Waals surface area contributed by atoms with Crippen molar-refractivity contribution in [2.75, 3.05) is 0 Å². The summed E-state index contributed by atoms with van der Waals surface area (Å²) in [5, 5.41) is 3.42. The van der Waals surface area contributed by atoms with Crippen LogP contribution in [0.3, 0.4) is 0 Å². The normalized spacial score (nSPS) is 25.2. The molecule has 0 spiro atoms. The highest BCUT2D eigenvalue weighted by atomic mass is 19.1. The Kier molecular flexibility index (Phi) is 5.53. The first-order chi connectivity index (χ1) is 9.61. The summed E-state index contributed by atoms with van der Waals surface area (Å²) in [7, 11) is 0. The van der Waals surface area contributed by atoms with Crippen LogP contribution in [0.25, 0.3) is 0 Å². The van der Waals surface area contributed by atoms with Crippen LogP contribution in [-0.2, 0) is 0 Å². The van der Waals surface area contributed by atoms with Crippen LogP contribution in [0.4, 0.5) is 8.78 Å². The topological polar surface area (TPSA) is 12.0 Å². The molecule has 1 saturated carbocycles. The Morgan fingerprint density at radius 3 is 2.50 bits per heavy atom. The summed E-state index contributed by atoms with van der Waals surface area (Å²) < 4.78 is 27.5. The van der Waals surface area contributed by atoms with Gasteiger partial charge >= 0.3 is 0 Å². The van der Waals surface area contributed by atoms with E-state index in [-0.39, 0.29) is 11.6 Å². The highest BCUT2D eigenvalue weighted by Crippen LogP contribution is 2.28. The minimum Gasteiger partial charge on any atom is -0.307 e. The number of hydrogen-bond acceptors (Lipinski definition) is 1. The third kappa shape index (κ3) is 3.78. The SMILES string of the molecule is CCC1CCCC(NC(C)c2c(F)cccc2F)CC1. The van der Waals surface area contributed by atoms with Crippen LogP contribution in [0, 0.1) is 17.6 Å². The summed E-state index contributed by atoms with van der Waals surface area (Å²) in [6, 6.07) is 4.17. The molecule has 0 aromatic heterocycles. The third-order valence-corrected chi connectivity index (χ3v) is 4.58. The van der Waals surface area contributed by atoms with E-state index in [0.717, 1.165) is 18.8 Å². The van der Waals surface area contributed by atoms with E-state index in [9.17, 15) is 8.78 Å². The number of benzene rings is 1. The molecular weight excluding hydrogens is 256 g/mol. The number of nitrogens with one attached hydrogen (secondary N) is 1. The minimum atomic E-state index is -0.454. The first kappa shape index (κ1) is 15.4. The number of hydrogen-bond donors (Lipinski definition) is 1. The molecule has 0 saturated heterocycles. The van der Waals surface area contributed by atoms with Crippen LogP contribution in [0.1, 0.15) is 64.0 Å². The van der Waals surface area contributed by atoms with Gasteiger partial charge in [-0.05, 0) is 44.2 Å². The van der Waals surface area contributed by atoms with Gasteiger partial charge in [-0.3, -0.25) is 0 Å². The van der Waals surface area contributed by atoms with Crippen molar-refractivity contribution < 1.29 is 8.78 Å². The zero-order chi connectivity index (χ0) is 14.5. The maximum atomic E-state index is 13.8. The Hall–Kier alpha value is -0.960. The Morgan fingerprint density at radius 1 is 1.15 bits per heavy atom. The van der Waals surface area contributed by atoms with Gasteiger partial charge in [0, 0.05) is 17.6 Å². The summed E-state index contributed by atoms with van der Waals surface area (Å²) in [4.78, 5) is 0. The molecule has 3 unspecified atom stereocenters. The molecule has 3 atom stereocenters. The van der Waals surface area contributed by atoms with E-state index in [0.29, 0.717) is 6.04 Å². The largest absolute Gasteiger partial charge is 0.307 e. The van der Waals surface area contributed by atoms with Gasteiger partial charge in [0.25, 0.3) is 0 Å². The van der Waals surface area contributed by atoms with Gasteiger partial charge in [-0.2, -0.15) is 0 Å². The van der Waals surface area contributed by atoms with Crippen molar-refractivity contribution in [3.8, 4) is 0 Å². The van der Waals surface area contributed by atoms with Crippen LogP contribution in [0.15, 0.2) is 18.2 Å². The van der Waals surface area contributed by atoms with Crippen LogP contribution in [-0.4, -0.2) is 6.04 Å². The van der Waals surface area contributed by atoms with Crippen LogP contribution >= 0.6 is 0 Å². The van der Waals surface area contributed by atoms with Gasteiger partial charge in [-0.15, -0.1) is 0 Å². The smallest absolute Gasteiger partial charge is 0.130 e. The van der Waals surface area contributed by atoms with Crippen molar-refractivity contribution >= 4 is 0 Å². The Balaban J connectivity index is 1.99. The predicted molar refractivity (Wildman–Crippen MR) is 78.6 cm³/mol. The molecule has 112 valence electrons. The number of halogens is 2. The molecule has 1 fully saturated rings. The van der Waals surface area contributed by atoms with Gasteiger partial charge in [0.1, 0.15) is 11.6 Å². The Bertz CT molecular complexity index is 413. The first-order valence-corrected chi connectivity index (χ1v) is 7.81. The molecule has 1 aliphatic rings. The van der Waals surface area contributed by atoms with E-state index >= 15 is 0 Å². The molecule has 0 radical (unpaired) electrons. The lowest BCUT2D eigenvalue weighted by Crippen LogP contribution is -2.32. The predicted octanol–water partition coefficient (Wildman–Crippen LogP) is 4.97. The fourth-order valence-corrected chi connectivity index (χ4v) is 3.31. The summed E-state index contributed by atoms with van der Waals surface area (Å²) in [5.74, 6) is -0.0857. The maximum absolute atomic E-state index is 13.8. The monoisotopic (exact) mass is 281 g/mol. The van der Waals surface area contributed by atoms with Gasteiger partial charge in [0.15, 0.2) is 0 Å². The van der Waals surface area contributed by atoms with E-state index in [4.69, 9.17) is 0 Å². The highest BCUT2D eigenvalue weighted by Gasteiger charge is 2.22. The van der Waals surface area contributed by atoms with E-state index in [2.05, 4.69) is 12.2 Å². The van der Waals surface area contributed by atoms with Crippen molar-refractivity contribution in [3.05, 3.63) is 35.4 Å². The zero-order valence-electron chi connectivity index (χ0n) is 12.5. The van der Waals surface area contributed by atoms with Crippen molar-refractivity contribution in [2.45, 2.75) is 64.5 Å². The van der Waals surface area contributed by atoms with E-state index in [1.165, 1.54) is 43.9 Å². The fourth-order valence-electron chi connectivity index (χ4n) is 3.31. The van der Waals surface area contributed by atoms with Crippen LogP contribution in [0.2, 0.25) is 0 Å². The first-order valence-electron chi connectivity index (χ1n) is 7.81. The molecule has 2 rings (SSSR count). The molecule has 0 heterocycles. The summed E-state index contributed by atoms with van der Waals surface area (Å²) >= 11 is 0. The maximum Gasteiger partial charge on any atom is 0.130 e. The van der Waals surface area contributed by atoms with Gasteiger partial charge in [0.05, 0.1) is 0 Å². The standard InChI is InChI=1S/C17H25F2N/c1-3-13-6-4-7-14(11-10-13)20-12(2)17-15(18)8-5-9-16(17)19/h5,8-9,12-14,20H,3-4,6-7,10-11H2,1-2H3. The van der Waals surface area contributed by atoms with Gasteiger partial charge in [-0.1, -0.05) is 32.3 Å². The van der Waals surface area contributed by atoms with Crippen LogP contribution < -0.4 is 5.32 Å². The number of rotatable bonds is 4. The summed E-state index contributed by atoms with van der Waals surface area (Å²) in [5.41, 5.74) is 0.170. The molecule has 3 heteroatoms. The van der Waals surface area contributed by atoms with Crippen molar-refractivity contribution in [1.29, 1.82) is 0 Å². The van der Waals surface area contributed by atoms with E-state index in [1.54, 1.807) is 0 Å². The lowest BCUT2D eigenvalue weighted by atomic mass is 9.97. The van der Waals surface area contributed by atoms with E-state index in [1.807, 2.05) is 6.92 Å². The lowest BCUT2D eigenvalue weighted by Gasteiger charge is -2.23. The molecule has 20 heavy (non-hydrogen) atoms. The molecule has 1 aliphatic carbocycles. The second-order valence-electron chi connectivity index (χ2n) is 6.00. The van der Waals surface area contributed by atoms with Crippen LogP contribution in [0.5, 0.6) is 0 Å². The lowest BCUT2D eigenvalue weighted by molar-refractivity contribution is 0.386. The minimum absolute atomic E-state index is 0.170. The second kappa shape index (κ2) is 7.16. The average Bonchev–Trinajstić information content (AvgIpc) is 2.63. The van der Waals surface area contributed by atoms with E-state index < -0.39 is 11.6 Å². The molecule has 1 aromatic rings. The molecular formula is C17H25F2N. The highest BCUT2D eigenvalue weighted by molar-refractivity contribution is 5.22. The van der Waals surface area contributed by atoms with Crippen molar-refractivity contribution in [2.24, 2.45) is 5.92 Å². The second-order valence-corrected chi connectivity index (χ2v) is 6.00. The summed E-state index contributed by atoms with van der Waals surface area (Å²) in [6.07, 6.45) is 7.18. The Morgan fingerprint density at radius 2 is 1.85 bits per heavy atom. The molecule has 1 aromatic carbocycles. The fraction of sp³-hybridized carbons (Fsp3) is 0.647. The molecule has 1 nitrogen and oxygen atoms in total. The zero-order valence-corrected chi connectivity index (χ0v) is 12.5. The van der Waals surface area contributed by atoms with Gasteiger partial charge < -0.3 is 5.32 Å². The summed E-state index contributed by atoms with van der Waals surface area (Å²) in [6.45, 7) is 4.10. The molecule has 0 amide bonds. The third-order valence-electron chi connectivity index (χ3n) is 4.58. The van der Waals surface area contributed by atoms with Gasteiger partial charge in [0.2, 0.25) is 0 Å². The Labute approximate surface area is 120 Å². The van der Waals surface area contributed by atoms with Crippen molar-refractivity contribution in [3.63, 3.8) is 0 Å².